The van der Waals surface area contributed by atoms with Crippen molar-refractivity contribution in [3.8, 4) is 11.8 Å². The first kappa shape index (κ1) is 17.1. The Hall–Kier alpha value is -3.32. The van der Waals surface area contributed by atoms with Gasteiger partial charge >= 0.3 is 6.36 Å². The first-order valence-electron chi connectivity index (χ1n) is 7.61. The maximum atomic E-state index is 12.7. The van der Waals surface area contributed by atoms with Gasteiger partial charge in [0.2, 0.25) is 0 Å². The minimum atomic E-state index is -4.88. The number of hydrogen-bond acceptors (Lipinski definition) is 6. The van der Waals surface area contributed by atoms with Crippen molar-refractivity contribution in [3.63, 3.8) is 0 Å². The van der Waals surface area contributed by atoms with Gasteiger partial charge in [0.25, 0.3) is 0 Å². The van der Waals surface area contributed by atoms with Crippen LogP contribution in [0.2, 0.25) is 0 Å². The summed E-state index contributed by atoms with van der Waals surface area (Å²) >= 11 is 1.28. The predicted octanol–water partition coefficient (Wildman–Crippen LogP) is 4.70. The van der Waals surface area contributed by atoms with E-state index >= 15 is 0 Å². The van der Waals surface area contributed by atoms with Gasteiger partial charge in [-0.15, -0.1) is 13.2 Å². The fourth-order valence-corrected chi connectivity index (χ4v) is 3.54. The number of fused-ring (bicyclic) bond motifs is 3. The third-order valence-corrected chi connectivity index (χ3v) is 4.77. The third kappa shape index (κ3) is 3.24. The highest BCUT2D eigenvalue weighted by molar-refractivity contribution is 7.22. The SMILES string of the molecule is Cn1cnc2c3nc(Nc4ccc(C#N)cc4OC(F)(F)F)sc3ccc21. The number of halogens is 3. The molecular weight excluding hydrogens is 379 g/mol. The number of nitrogens with zero attached hydrogens (tertiary/aromatic N) is 4. The molecule has 4 aromatic rings. The lowest BCUT2D eigenvalue weighted by Crippen LogP contribution is -2.18. The van der Waals surface area contributed by atoms with Gasteiger partial charge in [-0.1, -0.05) is 11.3 Å². The number of imidazole rings is 1. The van der Waals surface area contributed by atoms with E-state index in [2.05, 4.69) is 20.0 Å². The van der Waals surface area contributed by atoms with Crippen molar-refractivity contribution in [2.24, 2.45) is 7.05 Å². The number of alkyl halides is 3. The van der Waals surface area contributed by atoms with Crippen LogP contribution in [0, 0.1) is 11.3 Å². The Morgan fingerprint density at radius 3 is 2.78 bits per heavy atom. The number of anilines is 2. The quantitative estimate of drug-likeness (QED) is 0.550. The van der Waals surface area contributed by atoms with E-state index in [1.54, 1.807) is 12.4 Å². The van der Waals surface area contributed by atoms with Crippen LogP contribution in [0.1, 0.15) is 5.56 Å². The minimum absolute atomic E-state index is 0.0549. The lowest BCUT2D eigenvalue weighted by molar-refractivity contribution is -0.274. The Morgan fingerprint density at radius 1 is 1.22 bits per heavy atom. The molecule has 0 spiro atoms. The summed E-state index contributed by atoms with van der Waals surface area (Å²) in [6.45, 7) is 0. The lowest BCUT2D eigenvalue weighted by atomic mass is 10.2. The number of ether oxygens (including phenoxy) is 1. The van der Waals surface area contributed by atoms with Gasteiger partial charge < -0.3 is 14.6 Å². The summed E-state index contributed by atoms with van der Waals surface area (Å²) in [4.78, 5) is 8.78. The smallest absolute Gasteiger partial charge is 0.404 e. The molecule has 27 heavy (non-hydrogen) atoms. The van der Waals surface area contributed by atoms with Crippen LogP contribution >= 0.6 is 11.3 Å². The molecule has 6 nitrogen and oxygen atoms in total. The Labute approximate surface area is 154 Å². The van der Waals surface area contributed by atoms with Crippen LogP contribution in [-0.2, 0) is 7.05 Å². The number of aromatic nitrogens is 3. The summed E-state index contributed by atoms with van der Waals surface area (Å²) < 4.78 is 44.8. The molecular formula is C17H10F3N5OS. The van der Waals surface area contributed by atoms with E-state index in [1.165, 1.54) is 23.5 Å². The molecule has 1 N–H and O–H groups in total. The standard InChI is InChI=1S/C17H10F3N5OS/c1-25-8-22-14-11(25)4-5-13-15(14)24-16(27-13)23-10-3-2-9(7-21)6-12(10)26-17(18,19)20/h2-6,8H,1H3,(H,23,24). The fourth-order valence-electron chi connectivity index (χ4n) is 2.66. The summed E-state index contributed by atoms with van der Waals surface area (Å²) in [6, 6.07) is 9.36. The number of rotatable bonds is 3. The van der Waals surface area contributed by atoms with Crippen molar-refractivity contribution in [2.45, 2.75) is 6.36 Å². The van der Waals surface area contributed by atoms with Crippen LogP contribution < -0.4 is 10.1 Å². The molecule has 0 aliphatic rings. The Morgan fingerprint density at radius 2 is 2.04 bits per heavy atom. The molecule has 2 heterocycles. The topological polar surface area (TPSA) is 75.8 Å². The minimum Gasteiger partial charge on any atom is -0.404 e. The van der Waals surface area contributed by atoms with Crippen molar-refractivity contribution in [2.75, 3.05) is 5.32 Å². The molecule has 0 saturated carbocycles. The number of thiazole rings is 1. The molecule has 0 amide bonds. The second-order valence-electron chi connectivity index (χ2n) is 5.65. The Bertz CT molecular complexity index is 1210. The summed E-state index contributed by atoms with van der Waals surface area (Å²) in [6.07, 6.45) is -3.20. The molecule has 10 heteroatoms. The van der Waals surface area contributed by atoms with E-state index in [0.717, 1.165) is 16.3 Å². The monoisotopic (exact) mass is 389 g/mol. The maximum Gasteiger partial charge on any atom is 0.573 e. The maximum absolute atomic E-state index is 12.7. The fraction of sp³-hybridized carbons (Fsp3) is 0.118. The number of nitrogens with one attached hydrogen (secondary N) is 1. The summed E-state index contributed by atoms with van der Waals surface area (Å²) in [5.41, 5.74) is 2.39. The molecule has 0 saturated heterocycles. The lowest BCUT2D eigenvalue weighted by Gasteiger charge is -2.13. The molecule has 4 rings (SSSR count). The molecule has 0 aliphatic carbocycles. The van der Waals surface area contributed by atoms with Crippen LogP contribution in [-0.4, -0.2) is 20.9 Å². The van der Waals surface area contributed by atoms with Gasteiger partial charge in [0.05, 0.1) is 33.9 Å². The Kier molecular flexibility index (Phi) is 3.89. The second-order valence-corrected chi connectivity index (χ2v) is 6.68. The third-order valence-electron chi connectivity index (χ3n) is 3.83. The number of nitriles is 1. The molecule has 0 unspecified atom stereocenters. The van der Waals surface area contributed by atoms with Gasteiger partial charge in [0.1, 0.15) is 11.0 Å². The highest BCUT2D eigenvalue weighted by Gasteiger charge is 2.32. The number of aryl methyl sites for hydroxylation is 1. The summed E-state index contributed by atoms with van der Waals surface area (Å²) in [7, 11) is 1.87. The number of hydrogen-bond donors (Lipinski definition) is 1. The van der Waals surface area contributed by atoms with E-state index in [4.69, 9.17) is 5.26 Å². The zero-order chi connectivity index (χ0) is 19.2. The van der Waals surface area contributed by atoms with Gasteiger partial charge in [0.15, 0.2) is 10.9 Å². The van der Waals surface area contributed by atoms with E-state index in [-0.39, 0.29) is 11.3 Å². The first-order chi connectivity index (χ1) is 12.8. The molecule has 136 valence electrons. The van der Waals surface area contributed by atoms with Crippen LogP contribution in [0.5, 0.6) is 5.75 Å². The van der Waals surface area contributed by atoms with Gasteiger partial charge in [-0.2, -0.15) is 5.26 Å². The second kappa shape index (κ2) is 6.14. The number of benzene rings is 2. The molecule has 0 fully saturated rings. The van der Waals surface area contributed by atoms with E-state index in [1.807, 2.05) is 23.7 Å². The molecule has 0 atom stereocenters. The highest BCUT2D eigenvalue weighted by atomic mass is 32.1. The van der Waals surface area contributed by atoms with Crippen LogP contribution in [0.3, 0.4) is 0 Å². The van der Waals surface area contributed by atoms with Crippen molar-refractivity contribution in [3.05, 3.63) is 42.2 Å². The van der Waals surface area contributed by atoms with Crippen molar-refractivity contribution in [1.29, 1.82) is 5.26 Å². The van der Waals surface area contributed by atoms with Gasteiger partial charge in [-0.3, -0.25) is 0 Å². The van der Waals surface area contributed by atoms with Crippen LogP contribution in [0.25, 0.3) is 21.3 Å². The van der Waals surface area contributed by atoms with Gasteiger partial charge in [-0.05, 0) is 24.3 Å². The Balaban J connectivity index is 1.75. The van der Waals surface area contributed by atoms with Crippen molar-refractivity contribution < 1.29 is 17.9 Å². The van der Waals surface area contributed by atoms with E-state index in [9.17, 15) is 13.2 Å². The van der Waals surface area contributed by atoms with Crippen LogP contribution in [0.4, 0.5) is 24.0 Å². The van der Waals surface area contributed by atoms with E-state index in [0.29, 0.717) is 16.2 Å². The first-order valence-corrected chi connectivity index (χ1v) is 8.43. The zero-order valence-electron chi connectivity index (χ0n) is 13.7. The molecule has 0 aliphatic heterocycles. The zero-order valence-corrected chi connectivity index (χ0v) is 14.5. The molecule has 2 aromatic heterocycles. The highest BCUT2D eigenvalue weighted by Crippen LogP contribution is 2.36. The predicted molar refractivity (Wildman–Crippen MR) is 95.0 cm³/mol. The normalized spacial score (nSPS) is 11.7. The van der Waals surface area contributed by atoms with Crippen molar-refractivity contribution >= 4 is 43.4 Å². The largest absolute Gasteiger partial charge is 0.573 e. The molecule has 0 radical (unpaired) electrons. The molecule has 2 aromatic carbocycles. The molecule has 0 bridgehead atoms. The summed E-state index contributed by atoms with van der Waals surface area (Å²) in [5.74, 6) is -0.496. The average Bonchev–Trinajstić information content (AvgIpc) is 3.18. The van der Waals surface area contributed by atoms with Crippen LogP contribution in [0.15, 0.2) is 36.7 Å². The summed E-state index contributed by atoms with van der Waals surface area (Å²) in [5, 5.41) is 12.1. The average molecular weight is 389 g/mol. The van der Waals surface area contributed by atoms with Gasteiger partial charge in [0, 0.05) is 13.1 Å². The van der Waals surface area contributed by atoms with Crippen molar-refractivity contribution in [1.82, 2.24) is 14.5 Å². The van der Waals surface area contributed by atoms with E-state index < -0.39 is 12.1 Å². The van der Waals surface area contributed by atoms with Gasteiger partial charge in [-0.25, -0.2) is 9.97 Å².